The summed E-state index contributed by atoms with van der Waals surface area (Å²) in [6.07, 6.45) is 0.398. The number of fused-ring (bicyclic) bond motifs is 6. The van der Waals surface area contributed by atoms with Gasteiger partial charge >= 0.3 is 5.97 Å². The minimum Gasteiger partial charge on any atom is -0.508 e. The second kappa shape index (κ2) is 7.20. The summed E-state index contributed by atoms with van der Waals surface area (Å²) in [5, 5.41) is 23.6. The van der Waals surface area contributed by atoms with Gasteiger partial charge in [0, 0.05) is 28.8 Å². The number of amides is 1. The Morgan fingerprint density at radius 3 is 2.62 bits per heavy atom. The van der Waals surface area contributed by atoms with Crippen molar-refractivity contribution in [1.29, 1.82) is 0 Å². The summed E-state index contributed by atoms with van der Waals surface area (Å²) in [6.45, 7) is 1.84. The van der Waals surface area contributed by atoms with E-state index in [9.17, 15) is 19.8 Å². The van der Waals surface area contributed by atoms with Crippen LogP contribution in [0, 0.1) is 0 Å². The number of anilines is 1. The average Bonchev–Trinajstić information content (AvgIpc) is 3.06. The monoisotopic (exact) mass is 449 g/mol. The van der Waals surface area contributed by atoms with Crippen molar-refractivity contribution in [2.45, 2.75) is 18.9 Å². The lowest BCUT2D eigenvalue weighted by atomic mass is 9.76. The number of benzene rings is 3. The van der Waals surface area contributed by atoms with Crippen molar-refractivity contribution in [3.63, 3.8) is 0 Å². The SMILES string of the molecule is CCc1c(O)cc2c(c1NC(=O)CS)C1(OC(=O)c3ccccc31)c1ccc(O)cc1O2. The highest BCUT2D eigenvalue weighted by atomic mass is 32.1. The molecule has 3 aromatic carbocycles. The van der Waals surface area contributed by atoms with E-state index in [1.807, 2.05) is 6.92 Å². The molecule has 1 atom stereocenters. The van der Waals surface area contributed by atoms with Crippen molar-refractivity contribution in [2.75, 3.05) is 11.1 Å². The standard InChI is InChI=1S/C24H19NO6S/c1-2-13-17(27)10-19-21(22(13)25-20(28)11-32)24(16-8-7-12(26)9-18(16)30-19)15-6-4-3-5-14(15)23(29)31-24/h3-10,26-27,32H,2,11H2,1H3,(H,25,28). The number of carbonyl (C=O) groups is 2. The topological polar surface area (TPSA) is 105 Å². The van der Waals surface area contributed by atoms with Crippen LogP contribution in [0.1, 0.15) is 39.5 Å². The highest BCUT2D eigenvalue weighted by molar-refractivity contribution is 7.81. The Labute approximate surface area is 189 Å². The molecule has 0 radical (unpaired) electrons. The van der Waals surface area contributed by atoms with Gasteiger partial charge in [-0.3, -0.25) is 4.79 Å². The molecule has 2 heterocycles. The predicted octanol–water partition coefficient (Wildman–Crippen LogP) is 4.10. The predicted molar refractivity (Wildman–Crippen MR) is 120 cm³/mol. The van der Waals surface area contributed by atoms with E-state index >= 15 is 0 Å². The third-order valence-corrected chi connectivity index (χ3v) is 6.11. The largest absolute Gasteiger partial charge is 0.508 e. The molecule has 0 aliphatic carbocycles. The van der Waals surface area contributed by atoms with E-state index < -0.39 is 11.6 Å². The normalized spacial score (nSPS) is 17.8. The molecule has 1 unspecified atom stereocenters. The average molecular weight is 449 g/mol. The van der Waals surface area contributed by atoms with E-state index in [4.69, 9.17) is 9.47 Å². The van der Waals surface area contributed by atoms with Crippen LogP contribution in [0.4, 0.5) is 5.69 Å². The number of hydrogen-bond acceptors (Lipinski definition) is 7. The van der Waals surface area contributed by atoms with Gasteiger partial charge in [-0.25, -0.2) is 4.79 Å². The molecule has 3 aromatic rings. The van der Waals surface area contributed by atoms with Crippen molar-refractivity contribution in [2.24, 2.45) is 0 Å². The molecule has 1 spiro atoms. The van der Waals surface area contributed by atoms with Crippen molar-refractivity contribution in [3.05, 3.63) is 76.3 Å². The smallest absolute Gasteiger partial charge is 0.340 e. The van der Waals surface area contributed by atoms with Crippen LogP contribution in [-0.2, 0) is 21.6 Å². The molecule has 7 nitrogen and oxygen atoms in total. The Morgan fingerprint density at radius 2 is 1.88 bits per heavy atom. The second-order valence-corrected chi connectivity index (χ2v) is 7.90. The zero-order valence-electron chi connectivity index (χ0n) is 17.0. The number of nitrogens with one attached hydrogen (secondary N) is 1. The number of thiol groups is 1. The summed E-state index contributed by atoms with van der Waals surface area (Å²) in [4.78, 5) is 25.4. The van der Waals surface area contributed by atoms with Crippen LogP contribution in [0.15, 0.2) is 48.5 Å². The van der Waals surface area contributed by atoms with Gasteiger partial charge in [-0.2, -0.15) is 12.6 Å². The van der Waals surface area contributed by atoms with Crippen molar-refractivity contribution >= 4 is 30.2 Å². The summed E-state index contributed by atoms with van der Waals surface area (Å²) < 4.78 is 12.1. The molecular formula is C24H19NO6S. The zero-order valence-corrected chi connectivity index (χ0v) is 17.9. The van der Waals surface area contributed by atoms with Gasteiger partial charge in [-0.05, 0) is 24.6 Å². The minimum atomic E-state index is -1.44. The molecule has 2 aliphatic heterocycles. The molecule has 3 N–H and O–H groups in total. The lowest BCUT2D eigenvalue weighted by Crippen LogP contribution is -2.35. The Kier molecular flexibility index (Phi) is 4.56. The Hall–Kier alpha value is -3.65. The Morgan fingerprint density at radius 1 is 1.09 bits per heavy atom. The maximum absolute atomic E-state index is 13.0. The van der Waals surface area contributed by atoms with Gasteiger partial charge in [0.25, 0.3) is 0 Å². The summed E-state index contributed by atoms with van der Waals surface area (Å²) in [6, 6.07) is 13.0. The van der Waals surface area contributed by atoms with Crippen LogP contribution >= 0.6 is 12.6 Å². The quantitative estimate of drug-likeness (QED) is 0.355. The lowest BCUT2D eigenvalue weighted by molar-refractivity contribution is -0.113. The summed E-state index contributed by atoms with van der Waals surface area (Å²) in [5.41, 5.74) is 1.21. The van der Waals surface area contributed by atoms with E-state index in [0.29, 0.717) is 39.9 Å². The lowest BCUT2D eigenvalue weighted by Gasteiger charge is -2.38. The van der Waals surface area contributed by atoms with Crippen LogP contribution < -0.4 is 10.1 Å². The molecule has 0 aromatic heterocycles. The number of esters is 1. The number of phenolic OH excluding ortho intramolecular Hbond substituents is 2. The van der Waals surface area contributed by atoms with E-state index in [1.165, 1.54) is 18.2 Å². The number of carbonyl (C=O) groups excluding carboxylic acids is 2. The fraction of sp³-hybridized carbons (Fsp3) is 0.167. The van der Waals surface area contributed by atoms with E-state index in [1.54, 1.807) is 30.3 Å². The maximum atomic E-state index is 13.0. The molecule has 0 fully saturated rings. The molecule has 0 bridgehead atoms. The highest BCUT2D eigenvalue weighted by Crippen LogP contribution is 2.60. The van der Waals surface area contributed by atoms with Gasteiger partial charge in [0.15, 0.2) is 5.60 Å². The van der Waals surface area contributed by atoms with Crippen molar-refractivity contribution in [3.8, 4) is 23.0 Å². The van der Waals surface area contributed by atoms with Crippen molar-refractivity contribution < 1.29 is 29.3 Å². The van der Waals surface area contributed by atoms with E-state index in [-0.39, 0.29) is 34.7 Å². The van der Waals surface area contributed by atoms with Gasteiger partial charge in [0.1, 0.15) is 23.0 Å². The number of ether oxygens (including phenoxy) is 2. The summed E-state index contributed by atoms with van der Waals surface area (Å²) in [7, 11) is 0. The third-order valence-electron chi connectivity index (χ3n) is 5.83. The molecule has 162 valence electrons. The molecule has 1 amide bonds. The summed E-state index contributed by atoms with van der Waals surface area (Å²) >= 11 is 4.06. The maximum Gasteiger partial charge on any atom is 0.340 e. The minimum absolute atomic E-state index is 0.0297. The highest BCUT2D eigenvalue weighted by Gasteiger charge is 2.55. The van der Waals surface area contributed by atoms with E-state index in [2.05, 4.69) is 17.9 Å². The van der Waals surface area contributed by atoms with Gasteiger partial charge in [-0.1, -0.05) is 25.1 Å². The molecule has 5 rings (SSSR count). The van der Waals surface area contributed by atoms with Gasteiger partial charge in [0.2, 0.25) is 5.91 Å². The molecule has 32 heavy (non-hydrogen) atoms. The van der Waals surface area contributed by atoms with Crippen LogP contribution in [-0.4, -0.2) is 27.8 Å². The first-order chi connectivity index (χ1) is 15.4. The van der Waals surface area contributed by atoms with Gasteiger partial charge in [-0.15, -0.1) is 0 Å². The first-order valence-electron chi connectivity index (χ1n) is 10.0. The first kappa shape index (κ1) is 20.3. The molecule has 8 heteroatoms. The Bertz CT molecular complexity index is 1300. The fourth-order valence-corrected chi connectivity index (χ4v) is 4.61. The number of phenols is 2. The van der Waals surface area contributed by atoms with Crippen LogP contribution in [0.3, 0.4) is 0 Å². The van der Waals surface area contributed by atoms with Crippen molar-refractivity contribution in [1.82, 2.24) is 0 Å². The van der Waals surface area contributed by atoms with Crippen LogP contribution in [0.2, 0.25) is 0 Å². The molecular weight excluding hydrogens is 430 g/mol. The van der Waals surface area contributed by atoms with Crippen LogP contribution in [0.5, 0.6) is 23.0 Å². The molecule has 0 saturated carbocycles. The molecule has 2 aliphatic rings. The zero-order chi connectivity index (χ0) is 22.6. The number of aromatic hydroxyl groups is 2. The number of hydrogen-bond donors (Lipinski definition) is 4. The fourth-order valence-electron chi connectivity index (χ4n) is 4.53. The van der Waals surface area contributed by atoms with Crippen LogP contribution in [0.25, 0.3) is 0 Å². The third kappa shape index (κ3) is 2.69. The first-order valence-corrected chi connectivity index (χ1v) is 10.7. The Balaban J connectivity index is 1.93. The second-order valence-electron chi connectivity index (χ2n) is 7.58. The summed E-state index contributed by atoms with van der Waals surface area (Å²) in [5.74, 6) is -0.614. The number of rotatable bonds is 3. The molecule has 0 saturated heterocycles. The van der Waals surface area contributed by atoms with Gasteiger partial charge < -0.3 is 25.0 Å². The van der Waals surface area contributed by atoms with Gasteiger partial charge in [0.05, 0.1) is 22.6 Å². The van der Waals surface area contributed by atoms with E-state index in [0.717, 1.165) is 0 Å².